The number of hydrogen-bond acceptors (Lipinski definition) is 4. The second kappa shape index (κ2) is 7.40. The van der Waals surface area contributed by atoms with Gasteiger partial charge >= 0.3 is 11.9 Å². The van der Waals surface area contributed by atoms with Crippen molar-refractivity contribution in [3.63, 3.8) is 0 Å². The molecule has 4 nitrogen and oxygen atoms in total. The van der Waals surface area contributed by atoms with Crippen LogP contribution in [0.2, 0.25) is 0 Å². The van der Waals surface area contributed by atoms with Crippen molar-refractivity contribution in [3.8, 4) is 0 Å². The fourth-order valence-electron chi connectivity index (χ4n) is 6.62. The van der Waals surface area contributed by atoms with Gasteiger partial charge in [0, 0.05) is 0 Å². The lowest BCUT2D eigenvalue weighted by Crippen LogP contribution is -2.42. The van der Waals surface area contributed by atoms with Gasteiger partial charge in [-0.1, -0.05) is 34.6 Å². The second-order valence-electron chi connectivity index (χ2n) is 11.0. The smallest absolute Gasteiger partial charge is 0.344 e. The van der Waals surface area contributed by atoms with Gasteiger partial charge in [0.2, 0.25) is 0 Å². The highest BCUT2D eigenvalue weighted by Gasteiger charge is 2.58. The van der Waals surface area contributed by atoms with Crippen molar-refractivity contribution in [3.05, 3.63) is 0 Å². The van der Waals surface area contributed by atoms with Gasteiger partial charge in [-0.2, -0.15) is 0 Å². The zero-order valence-corrected chi connectivity index (χ0v) is 18.0. The summed E-state index contributed by atoms with van der Waals surface area (Å²) < 4.78 is 11.0. The Morgan fingerprint density at radius 1 is 1.11 bits per heavy atom. The van der Waals surface area contributed by atoms with Crippen molar-refractivity contribution in [2.24, 2.45) is 40.9 Å². The zero-order valence-electron chi connectivity index (χ0n) is 18.0. The fraction of sp³-hybridized carbons (Fsp3) is 0.913. The van der Waals surface area contributed by atoms with Crippen LogP contribution in [0.15, 0.2) is 0 Å². The van der Waals surface area contributed by atoms with E-state index in [1.807, 2.05) is 6.92 Å². The quantitative estimate of drug-likeness (QED) is 0.632. The number of hydrogen-bond donors (Lipinski definition) is 0. The summed E-state index contributed by atoms with van der Waals surface area (Å²) in [5.41, 5.74) is -0.180. The molecule has 0 aromatic heterocycles. The Kier molecular flexibility index (Phi) is 5.67. The van der Waals surface area contributed by atoms with Crippen molar-refractivity contribution in [1.29, 1.82) is 0 Å². The van der Waals surface area contributed by atoms with Crippen LogP contribution in [0.5, 0.6) is 0 Å². The molecule has 154 valence electrons. The van der Waals surface area contributed by atoms with E-state index in [0.29, 0.717) is 29.6 Å². The molecule has 0 aromatic rings. The van der Waals surface area contributed by atoms with Crippen LogP contribution in [0.4, 0.5) is 0 Å². The van der Waals surface area contributed by atoms with Gasteiger partial charge in [0.25, 0.3) is 0 Å². The van der Waals surface area contributed by atoms with Gasteiger partial charge < -0.3 is 9.47 Å². The first-order valence-electron chi connectivity index (χ1n) is 10.9. The molecule has 3 aliphatic rings. The molecule has 0 heterocycles. The van der Waals surface area contributed by atoms with E-state index in [9.17, 15) is 9.59 Å². The number of carbonyl (C=O) groups is 2. The third kappa shape index (κ3) is 4.19. The van der Waals surface area contributed by atoms with Gasteiger partial charge in [0.15, 0.2) is 6.61 Å². The van der Waals surface area contributed by atoms with E-state index in [4.69, 9.17) is 9.47 Å². The van der Waals surface area contributed by atoms with Crippen LogP contribution in [0.25, 0.3) is 0 Å². The summed E-state index contributed by atoms with van der Waals surface area (Å²) in [6, 6.07) is 0. The van der Waals surface area contributed by atoms with E-state index in [1.54, 1.807) is 0 Å². The van der Waals surface area contributed by atoms with Gasteiger partial charge in [-0.15, -0.1) is 0 Å². The maximum Gasteiger partial charge on any atom is 0.344 e. The minimum atomic E-state index is -0.400. The van der Waals surface area contributed by atoms with E-state index in [2.05, 4.69) is 34.6 Å². The lowest BCUT2D eigenvalue weighted by atomic mass is 9.60. The molecule has 0 amide bonds. The van der Waals surface area contributed by atoms with Crippen LogP contribution < -0.4 is 0 Å². The van der Waals surface area contributed by atoms with Gasteiger partial charge in [-0.05, 0) is 80.5 Å². The summed E-state index contributed by atoms with van der Waals surface area (Å²) >= 11 is 0. The predicted molar refractivity (Wildman–Crippen MR) is 105 cm³/mol. The van der Waals surface area contributed by atoms with Crippen LogP contribution in [0, 0.1) is 40.9 Å². The molecule has 3 fully saturated rings. The molecule has 4 heteroatoms. The summed E-state index contributed by atoms with van der Waals surface area (Å²) in [5, 5.41) is 0. The first-order valence-corrected chi connectivity index (χ1v) is 10.9. The second-order valence-corrected chi connectivity index (χ2v) is 11.0. The third-order valence-electron chi connectivity index (χ3n) is 7.49. The SMILES string of the molecule is CC(C)C1C2CC(C(=O)OCC(=O)OC3(C)CCCC3)C(C2)C1C(C)(C)C. The number of esters is 2. The molecule has 5 atom stereocenters. The molecule has 2 bridgehead atoms. The lowest BCUT2D eigenvalue weighted by molar-refractivity contribution is -0.171. The van der Waals surface area contributed by atoms with Gasteiger partial charge in [0.1, 0.15) is 5.60 Å². The van der Waals surface area contributed by atoms with Crippen LogP contribution in [0.3, 0.4) is 0 Å². The number of carbonyl (C=O) groups excluding carboxylic acids is 2. The maximum atomic E-state index is 12.8. The Labute approximate surface area is 164 Å². The summed E-state index contributed by atoms with van der Waals surface area (Å²) in [5.74, 6) is 2.23. The van der Waals surface area contributed by atoms with E-state index in [1.165, 1.54) is 0 Å². The highest BCUT2D eigenvalue weighted by Crippen LogP contribution is 2.62. The van der Waals surface area contributed by atoms with Crippen molar-refractivity contribution in [1.82, 2.24) is 0 Å². The number of fused-ring (bicyclic) bond motifs is 2. The largest absolute Gasteiger partial charge is 0.457 e. The average Bonchev–Trinajstić information content (AvgIpc) is 3.25. The van der Waals surface area contributed by atoms with Crippen molar-refractivity contribution in [2.75, 3.05) is 6.61 Å². The first kappa shape index (κ1) is 20.7. The maximum absolute atomic E-state index is 12.8. The molecular formula is C23H38O4. The molecule has 3 rings (SSSR count). The fourth-order valence-corrected chi connectivity index (χ4v) is 6.62. The van der Waals surface area contributed by atoms with Crippen LogP contribution in [-0.4, -0.2) is 24.1 Å². The Bertz CT molecular complexity index is 567. The van der Waals surface area contributed by atoms with Gasteiger partial charge in [0.05, 0.1) is 5.92 Å². The Hall–Kier alpha value is -1.06. The summed E-state index contributed by atoms with van der Waals surface area (Å²) in [4.78, 5) is 24.9. The van der Waals surface area contributed by atoms with Crippen LogP contribution in [-0.2, 0) is 19.1 Å². The number of rotatable bonds is 5. The molecule has 3 aliphatic carbocycles. The van der Waals surface area contributed by atoms with Gasteiger partial charge in [-0.3, -0.25) is 4.79 Å². The predicted octanol–water partition coefficient (Wildman–Crippen LogP) is 5.00. The van der Waals surface area contributed by atoms with E-state index < -0.39 is 5.97 Å². The molecule has 0 aliphatic heterocycles. The Balaban J connectivity index is 1.57. The Morgan fingerprint density at radius 3 is 2.30 bits per heavy atom. The molecular weight excluding hydrogens is 340 g/mol. The van der Waals surface area contributed by atoms with Gasteiger partial charge in [-0.25, -0.2) is 4.79 Å². The molecule has 0 N–H and O–H groups in total. The third-order valence-corrected chi connectivity index (χ3v) is 7.49. The Morgan fingerprint density at radius 2 is 1.74 bits per heavy atom. The summed E-state index contributed by atoms with van der Waals surface area (Å²) in [7, 11) is 0. The molecule has 5 unspecified atom stereocenters. The monoisotopic (exact) mass is 378 g/mol. The minimum Gasteiger partial charge on any atom is -0.457 e. The van der Waals surface area contributed by atoms with Crippen LogP contribution in [0.1, 0.15) is 80.1 Å². The topological polar surface area (TPSA) is 52.6 Å². The molecule has 0 aromatic carbocycles. The van der Waals surface area contributed by atoms with E-state index in [0.717, 1.165) is 38.5 Å². The molecule has 27 heavy (non-hydrogen) atoms. The van der Waals surface area contributed by atoms with E-state index in [-0.39, 0.29) is 29.5 Å². The van der Waals surface area contributed by atoms with Crippen molar-refractivity contribution < 1.29 is 19.1 Å². The minimum absolute atomic E-state index is 0.0518. The lowest BCUT2D eigenvalue weighted by Gasteiger charge is -2.44. The molecule has 0 radical (unpaired) electrons. The molecule has 0 saturated heterocycles. The normalized spacial score (nSPS) is 34.9. The molecule has 3 saturated carbocycles. The summed E-state index contributed by atoms with van der Waals surface area (Å²) in [6.07, 6.45) is 6.06. The van der Waals surface area contributed by atoms with Crippen molar-refractivity contribution in [2.45, 2.75) is 85.7 Å². The average molecular weight is 379 g/mol. The van der Waals surface area contributed by atoms with Crippen LogP contribution >= 0.6 is 0 Å². The highest BCUT2D eigenvalue weighted by molar-refractivity contribution is 5.78. The van der Waals surface area contributed by atoms with Crippen molar-refractivity contribution >= 4 is 11.9 Å². The summed E-state index contributed by atoms with van der Waals surface area (Å²) in [6.45, 7) is 13.3. The standard InChI is InChI=1S/C23H38O4/c1-14(2)19-15-11-16(20(19)22(3,4)5)17(12-15)21(25)26-13-18(24)27-23(6)9-7-8-10-23/h14-17,19-20H,7-13H2,1-6H3. The first-order chi connectivity index (χ1) is 12.5. The zero-order chi connectivity index (χ0) is 20.0. The number of ether oxygens (including phenoxy) is 2. The van der Waals surface area contributed by atoms with E-state index >= 15 is 0 Å². The molecule has 0 spiro atoms. The highest BCUT2D eigenvalue weighted by atomic mass is 16.6.